The number of nitrogens with zero attached hydrogens (tertiary/aromatic N) is 2. The quantitative estimate of drug-likeness (QED) is 0.692. The third-order valence-electron chi connectivity index (χ3n) is 5.70. The van der Waals surface area contributed by atoms with Crippen LogP contribution in [0.2, 0.25) is 0 Å². The van der Waals surface area contributed by atoms with E-state index >= 15 is 0 Å². The van der Waals surface area contributed by atoms with Crippen LogP contribution in [0, 0.1) is 5.92 Å². The summed E-state index contributed by atoms with van der Waals surface area (Å²) in [4.78, 5) is 30.9. The summed E-state index contributed by atoms with van der Waals surface area (Å²) in [6.07, 6.45) is 2.18. The number of pyridine rings is 1. The van der Waals surface area contributed by atoms with Gasteiger partial charge in [-0.25, -0.2) is 13.4 Å². The molecule has 2 saturated heterocycles. The summed E-state index contributed by atoms with van der Waals surface area (Å²) < 4.78 is 29.3. The lowest BCUT2D eigenvalue weighted by molar-refractivity contribution is -0.130. The molecule has 31 heavy (non-hydrogen) atoms. The van der Waals surface area contributed by atoms with Gasteiger partial charge in [0.15, 0.2) is 9.84 Å². The van der Waals surface area contributed by atoms with Crippen molar-refractivity contribution >= 4 is 21.7 Å². The molecule has 0 saturated carbocycles. The highest BCUT2D eigenvalue weighted by molar-refractivity contribution is 7.91. The molecule has 9 heteroatoms. The van der Waals surface area contributed by atoms with Gasteiger partial charge in [-0.1, -0.05) is 36.4 Å². The summed E-state index contributed by atoms with van der Waals surface area (Å²) in [5.41, 5.74) is 1.76. The first-order valence-corrected chi connectivity index (χ1v) is 12.1. The highest BCUT2D eigenvalue weighted by Crippen LogP contribution is 2.26. The number of amides is 2. The first kappa shape index (κ1) is 21.3. The van der Waals surface area contributed by atoms with Crippen LogP contribution in [0.3, 0.4) is 0 Å². The Labute approximate surface area is 181 Å². The van der Waals surface area contributed by atoms with Crippen molar-refractivity contribution < 1.29 is 22.7 Å². The van der Waals surface area contributed by atoms with Gasteiger partial charge in [0.1, 0.15) is 6.61 Å². The first-order chi connectivity index (χ1) is 14.9. The van der Waals surface area contributed by atoms with Crippen molar-refractivity contribution in [2.24, 2.45) is 5.92 Å². The van der Waals surface area contributed by atoms with E-state index in [-0.39, 0.29) is 48.9 Å². The molecule has 2 aliphatic heterocycles. The highest BCUT2D eigenvalue weighted by atomic mass is 32.2. The van der Waals surface area contributed by atoms with Crippen LogP contribution in [0.5, 0.6) is 5.88 Å². The van der Waals surface area contributed by atoms with E-state index in [1.54, 1.807) is 17.2 Å². The number of carbonyl (C=O) groups is 2. The van der Waals surface area contributed by atoms with Gasteiger partial charge in [-0.2, -0.15) is 0 Å². The third-order valence-corrected chi connectivity index (χ3v) is 7.45. The Morgan fingerprint density at radius 2 is 2.00 bits per heavy atom. The lowest BCUT2D eigenvalue weighted by atomic mass is 10.1. The van der Waals surface area contributed by atoms with Crippen molar-refractivity contribution in [3.05, 3.63) is 59.8 Å². The van der Waals surface area contributed by atoms with E-state index in [1.807, 2.05) is 36.4 Å². The van der Waals surface area contributed by atoms with Crippen LogP contribution in [-0.4, -0.2) is 54.2 Å². The molecular formula is C22H25N3O5S. The maximum Gasteiger partial charge on any atom is 0.225 e. The normalized spacial score (nSPS) is 22.5. The molecule has 2 aliphatic rings. The Balaban J connectivity index is 1.32. The highest BCUT2D eigenvalue weighted by Gasteiger charge is 2.41. The zero-order valence-electron chi connectivity index (χ0n) is 17.1. The van der Waals surface area contributed by atoms with E-state index in [0.717, 1.165) is 11.1 Å². The number of likely N-dealkylation sites (tertiary alicyclic amines) is 1. The van der Waals surface area contributed by atoms with Gasteiger partial charge in [-0.3, -0.25) is 9.59 Å². The molecule has 0 unspecified atom stereocenters. The van der Waals surface area contributed by atoms with Gasteiger partial charge in [-0.05, 0) is 18.1 Å². The van der Waals surface area contributed by atoms with E-state index in [9.17, 15) is 18.0 Å². The van der Waals surface area contributed by atoms with Gasteiger partial charge in [0, 0.05) is 37.3 Å². The Kier molecular flexibility index (Phi) is 6.22. The van der Waals surface area contributed by atoms with Crippen molar-refractivity contribution in [1.82, 2.24) is 15.2 Å². The standard InChI is InChI=1S/C22H25N3O5S/c26-20-11-18(13-25(20)19-8-10-31(28,29)15-19)21(27)24-12-17-7-4-9-23-22(17)30-14-16-5-2-1-3-6-16/h1-7,9,18-19H,8,10-15H2,(H,24,27)/t18-,19+/m1/s1. The van der Waals surface area contributed by atoms with E-state index < -0.39 is 15.8 Å². The molecule has 0 radical (unpaired) electrons. The van der Waals surface area contributed by atoms with Crippen molar-refractivity contribution in [2.75, 3.05) is 18.1 Å². The molecule has 1 aromatic heterocycles. The van der Waals surface area contributed by atoms with Gasteiger partial charge in [0.25, 0.3) is 0 Å². The largest absolute Gasteiger partial charge is 0.473 e. The number of nitrogens with one attached hydrogen (secondary N) is 1. The summed E-state index contributed by atoms with van der Waals surface area (Å²) in [5.74, 6) is -0.325. The molecule has 0 spiro atoms. The van der Waals surface area contributed by atoms with Crippen LogP contribution in [0.25, 0.3) is 0 Å². The fourth-order valence-electron chi connectivity index (χ4n) is 4.02. The summed E-state index contributed by atoms with van der Waals surface area (Å²) in [6.45, 7) is 0.865. The molecule has 2 fully saturated rings. The van der Waals surface area contributed by atoms with Gasteiger partial charge >= 0.3 is 0 Å². The SMILES string of the molecule is O=C(NCc1cccnc1OCc1ccccc1)[C@@H]1CC(=O)N([C@H]2CCS(=O)(=O)C2)C1. The van der Waals surface area contributed by atoms with Crippen LogP contribution in [0.1, 0.15) is 24.0 Å². The molecule has 4 rings (SSSR count). The fourth-order valence-corrected chi connectivity index (χ4v) is 5.75. The molecule has 164 valence electrons. The summed E-state index contributed by atoms with van der Waals surface area (Å²) in [5, 5.41) is 2.87. The predicted octanol–water partition coefficient (Wildman–Crippen LogP) is 1.31. The van der Waals surface area contributed by atoms with Gasteiger partial charge in [0.2, 0.25) is 17.7 Å². The minimum absolute atomic E-state index is 0.00905. The number of sulfone groups is 1. The minimum Gasteiger partial charge on any atom is -0.473 e. The number of carbonyl (C=O) groups excluding carboxylic acids is 2. The molecule has 3 heterocycles. The average Bonchev–Trinajstić information content (AvgIpc) is 3.33. The maximum atomic E-state index is 12.7. The van der Waals surface area contributed by atoms with Crippen molar-refractivity contribution in [2.45, 2.75) is 32.0 Å². The van der Waals surface area contributed by atoms with Gasteiger partial charge in [0.05, 0.1) is 17.4 Å². The molecule has 0 aliphatic carbocycles. The van der Waals surface area contributed by atoms with Crippen LogP contribution in [0.4, 0.5) is 0 Å². The molecule has 0 bridgehead atoms. The zero-order chi connectivity index (χ0) is 21.8. The second-order valence-electron chi connectivity index (χ2n) is 7.96. The summed E-state index contributed by atoms with van der Waals surface area (Å²) in [6, 6.07) is 13.0. The number of ether oxygens (including phenoxy) is 1. The lowest BCUT2D eigenvalue weighted by Gasteiger charge is -2.23. The van der Waals surface area contributed by atoms with Gasteiger partial charge in [-0.15, -0.1) is 0 Å². The Morgan fingerprint density at radius 3 is 2.74 bits per heavy atom. The maximum absolute atomic E-state index is 12.7. The predicted molar refractivity (Wildman–Crippen MR) is 114 cm³/mol. The van der Waals surface area contributed by atoms with Crippen LogP contribution in [0.15, 0.2) is 48.7 Å². The minimum atomic E-state index is -3.09. The van der Waals surface area contributed by atoms with Crippen LogP contribution >= 0.6 is 0 Å². The second-order valence-corrected chi connectivity index (χ2v) is 10.2. The van der Waals surface area contributed by atoms with Crippen LogP contribution < -0.4 is 10.1 Å². The number of rotatable bonds is 7. The Hall–Kier alpha value is -2.94. The molecule has 1 aromatic carbocycles. The second kappa shape index (κ2) is 9.05. The number of hydrogen-bond donors (Lipinski definition) is 1. The summed E-state index contributed by atoms with van der Waals surface area (Å²) >= 11 is 0. The Morgan fingerprint density at radius 1 is 1.19 bits per heavy atom. The number of aromatic nitrogens is 1. The smallest absolute Gasteiger partial charge is 0.225 e. The molecule has 1 N–H and O–H groups in total. The topological polar surface area (TPSA) is 106 Å². The van der Waals surface area contributed by atoms with E-state index in [0.29, 0.717) is 18.9 Å². The monoisotopic (exact) mass is 443 g/mol. The fraction of sp³-hybridized carbons (Fsp3) is 0.409. The van der Waals surface area contributed by atoms with Crippen molar-refractivity contribution in [3.63, 3.8) is 0 Å². The van der Waals surface area contributed by atoms with Crippen molar-refractivity contribution in [1.29, 1.82) is 0 Å². The lowest BCUT2D eigenvalue weighted by Crippen LogP contribution is -2.39. The Bertz CT molecular complexity index is 1060. The van der Waals surface area contributed by atoms with E-state index in [1.165, 1.54) is 0 Å². The number of benzene rings is 1. The average molecular weight is 444 g/mol. The molecular weight excluding hydrogens is 418 g/mol. The van der Waals surface area contributed by atoms with E-state index in [2.05, 4.69) is 10.3 Å². The van der Waals surface area contributed by atoms with Crippen molar-refractivity contribution in [3.8, 4) is 5.88 Å². The van der Waals surface area contributed by atoms with Crippen LogP contribution in [-0.2, 0) is 32.6 Å². The third kappa shape index (κ3) is 5.22. The zero-order valence-corrected chi connectivity index (χ0v) is 17.9. The molecule has 2 amide bonds. The van der Waals surface area contributed by atoms with E-state index in [4.69, 9.17) is 4.74 Å². The van der Waals surface area contributed by atoms with Gasteiger partial charge < -0.3 is 15.0 Å². The molecule has 2 atom stereocenters. The first-order valence-electron chi connectivity index (χ1n) is 10.3. The molecule has 2 aromatic rings. The molecule has 8 nitrogen and oxygen atoms in total. The summed E-state index contributed by atoms with van der Waals surface area (Å²) in [7, 11) is -3.09. The number of hydrogen-bond acceptors (Lipinski definition) is 6.